The van der Waals surface area contributed by atoms with Crippen LogP contribution in [0.15, 0.2) is 23.2 Å². The van der Waals surface area contributed by atoms with Gasteiger partial charge in [0.2, 0.25) is 0 Å². The summed E-state index contributed by atoms with van der Waals surface area (Å²) in [6.45, 7) is 5.33. The average molecular weight is 267 g/mol. The zero-order chi connectivity index (χ0) is 14.2. The van der Waals surface area contributed by atoms with Gasteiger partial charge >= 0.3 is 0 Å². The highest BCUT2D eigenvalue weighted by Gasteiger charge is 2.42. The fourth-order valence-corrected chi connectivity index (χ4v) is 1.89. The van der Waals surface area contributed by atoms with Crippen LogP contribution < -0.4 is 10.6 Å². The molecule has 0 radical (unpaired) electrons. The summed E-state index contributed by atoms with van der Waals surface area (Å²) < 4.78 is 26.2. The molecule has 1 atom stereocenters. The lowest BCUT2D eigenvalue weighted by Gasteiger charge is -2.21. The summed E-state index contributed by atoms with van der Waals surface area (Å²) in [5.41, 5.74) is -0.805. The number of amides is 1. The summed E-state index contributed by atoms with van der Waals surface area (Å²) in [6, 6.07) is 3.40. The number of benzene rings is 1. The van der Waals surface area contributed by atoms with E-state index >= 15 is 0 Å². The second-order valence-corrected chi connectivity index (χ2v) is 4.90. The molecular weight excluding hydrogens is 252 g/mol. The molecule has 0 spiro atoms. The number of halogens is 2. The van der Waals surface area contributed by atoms with Crippen LogP contribution in [0.25, 0.3) is 0 Å². The number of carbonyl (C=O) groups excluding carboxylic acids is 1. The van der Waals surface area contributed by atoms with E-state index in [-0.39, 0.29) is 11.9 Å². The van der Waals surface area contributed by atoms with E-state index in [0.29, 0.717) is 11.5 Å². The van der Waals surface area contributed by atoms with Crippen molar-refractivity contribution >= 4 is 11.9 Å². The first-order valence-electron chi connectivity index (χ1n) is 5.96. The van der Waals surface area contributed by atoms with Crippen molar-refractivity contribution in [2.75, 3.05) is 0 Å². The summed E-state index contributed by atoms with van der Waals surface area (Å²) in [5, 5.41) is 5.50. The molecule has 1 aromatic rings. The van der Waals surface area contributed by atoms with Crippen molar-refractivity contribution in [3.05, 3.63) is 35.4 Å². The van der Waals surface area contributed by atoms with Crippen LogP contribution in [0.5, 0.6) is 0 Å². The van der Waals surface area contributed by atoms with Gasteiger partial charge in [-0.25, -0.2) is 8.78 Å². The Morgan fingerprint density at radius 3 is 2.53 bits per heavy atom. The highest BCUT2D eigenvalue weighted by Crippen LogP contribution is 2.25. The highest BCUT2D eigenvalue weighted by molar-refractivity contribution is 6.09. The minimum absolute atomic E-state index is 0.00936. The summed E-state index contributed by atoms with van der Waals surface area (Å²) >= 11 is 0. The van der Waals surface area contributed by atoms with Crippen molar-refractivity contribution in [2.45, 2.75) is 32.4 Å². The minimum atomic E-state index is -1.15. The Morgan fingerprint density at radius 2 is 1.95 bits per heavy atom. The van der Waals surface area contributed by atoms with Crippen molar-refractivity contribution < 1.29 is 13.6 Å². The largest absolute Gasteiger partial charge is 0.338 e. The molecule has 102 valence electrons. The van der Waals surface area contributed by atoms with Crippen LogP contribution in [0.4, 0.5) is 8.78 Å². The molecule has 0 aromatic heterocycles. The number of nitrogens with zero attached hydrogens (tertiary/aromatic N) is 1. The van der Waals surface area contributed by atoms with E-state index < -0.39 is 17.2 Å². The van der Waals surface area contributed by atoms with Crippen LogP contribution in [0.3, 0.4) is 0 Å². The van der Waals surface area contributed by atoms with Crippen molar-refractivity contribution in [1.29, 1.82) is 0 Å². The molecule has 19 heavy (non-hydrogen) atoms. The predicted molar refractivity (Wildman–Crippen MR) is 67.6 cm³/mol. The standard InChI is InChI=1S/C13H15F2N3O/c1-7(2)16-12-17-11(19)13(3,18-12)8-4-5-9(14)10(15)6-8/h4-7H,1-3H3,(H2,16,17,18,19). The number of rotatable bonds is 2. The SMILES string of the molecule is CC(C)N=C1NC(=O)C(C)(c2ccc(F)c(F)c2)N1. The van der Waals surface area contributed by atoms with Crippen LogP contribution in [0.2, 0.25) is 0 Å². The third kappa shape index (κ3) is 2.43. The second kappa shape index (κ2) is 4.60. The second-order valence-electron chi connectivity index (χ2n) is 4.90. The summed E-state index contributed by atoms with van der Waals surface area (Å²) in [4.78, 5) is 16.2. The quantitative estimate of drug-likeness (QED) is 0.856. The van der Waals surface area contributed by atoms with E-state index in [1.165, 1.54) is 6.07 Å². The predicted octanol–water partition coefficient (Wildman–Crippen LogP) is 1.66. The summed E-state index contributed by atoms with van der Waals surface area (Å²) in [5.74, 6) is -1.94. The zero-order valence-electron chi connectivity index (χ0n) is 10.9. The van der Waals surface area contributed by atoms with Gasteiger partial charge in [-0.2, -0.15) is 0 Å². The van der Waals surface area contributed by atoms with Crippen LogP contribution >= 0.6 is 0 Å². The van der Waals surface area contributed by atoms with Gasteiger partial charge in [-0.1, -0.05) is 6.07 Å². The Balaban J connectivity index is 2.37. The third-order valence-corrected chi connectivity index (χ3v) is 2.94. The molecule has 1 aromatic carbocycles. The van der Waals surface area contributed by atoms with Gasteiger partial charge in [0.05, 0.1) is 0 Å². The third-order valence-electron chi connectivity index (χ3n) is 2.94. The van der Waals surface area contributed by atoms with Gasteiger partial charge in [-0.05, 0) is 38.5 Å². The van der Waals surface area contributed by atoms with Gasteiger partial charge in [-0.3, -0.25) is 15.1 Å². The Bertz CT molecular complexity index is 557. The molecule has 1 heterocycles. The maximum absolute atomic E-state index is 13.3. The van der Waals surface area contributed by atoms with Gasteiger partial charge in [0.1, 0.15) is 5.54 Å². The molecule has 4 nitrogen and oxygen atoms in total. The van der Waals surface area contributed by atoms with Crippen LogP contribution in [-0.2, 0) is 10.3 Å². The normalized spacial score (nSPS) is 24.7. The summed E-state index contributed by atoms with van der Waals surface area (Å²) in [7, 11) is 0. The van der Waals surface area contributed by atoms with E-state index in [4.69, 9.17) is 0 Å². The lowest BCUT2D eigenvalue weighted by atomic mass is 9.92. The van der Waals surface area contributed by atoms with Crippen molar-refractivity contribution in [3.8, 4) is 0 Å². The molecule has 1 fully saturated rings. The number of hydrogen-bond acceptors (Lipinski definition) is 2. The van der Waals surface area contributed by atoms with Crippen LogP contribution in [0.1, 0.15) is 26.3 Å². The first-order valence-corrected chi connectivity index (χ1v) is 5.96. The number of nitrogens with one attached hydrogen (secondary N) is 2. The molecule has 0 aliphatic carbocycles. The molecule has 0 bridgehead atoms. The van der Waals surface area contributed by atoms with E-state index in [9.17, 15) is 13.6 Å². The molecular formula is C13H15F2N3O. The Kier molecular flexibility index (Phi) is 3.26. The number of aliphatic imine (C=N–C) groups is 1. The first-order chi connectivity index (χ1) is 8.83. The molecule has 2 N–H and O–H groups in total. The molecule has 0 saturated carbocycles. The van der Waals surface area contributed by atoms with E-state index in [2.05, 4.69) is 15.6 Å². The molecule has 1 saturated heterocycles. The molecule has 1 unspecified atom stereocenters. The van der Waals surface area contributed by atoms with Gasteiger partial charge < -0.3 is 5.32 Å². The fourth-order valence-electron chi connectivity index (χ4n) is 1.89. The first kappa shape index (κ1) is 13.5. The van der Waals surface area contributed by atoms with Crippen LogP contribution in [-0.4, -0.2) is 17.9 Å². The molecule has 1 aliphatic heterocycles. The van der Waals surface area contributed by atoms with E-state index in [0.717, 1.165) is 12.1 Å². The zero-order valence-corrected chi connectivity index (χ0v) is 10.9. The van der Waals surface area contributed by atoms with Gasteiger partial charge in [0.15, 0.2) is 17.6 Å². The maximum atomic E-state index is 13.3. The van der Waals surface area contributed by atoms with Gasteiger partial charge in [0, 0.05) is 6.04 Å². The minimum Gasteiger partial charge on any atom is -0.338 e. The Labute approximate surface area is 109 Å². The Morgan fingerprint density at radius 1 is 1.26 bits per heavy atom. The fraction of sp³-hybridized carbons (Fsp3) is 0.385. The molecule has 2 rings (SSSR count). The van der Waals surface area contributed by atoms with Crippen molar-refractivity contribution in [2.24, 2.45) is 4.99 Å². The monoisotopic (exact) mass is 267 g/mol. The summed E-state index contributed by atoms with van der Waals surface area (Å²) in [6.07, 6.45) is 0. The molecule has 1 aliphatic rings. The smallest absolute Gasteiger partial charge is 0.256 e. The highest BCUT2D eigenvalue weighted by atomic mass is 19.2. The molecule has 1 amide bonds. The lowest BCUT2D eigenvalue weighted by Crippen LogP contribution is -2.40. The van der Waals surface area contributed by atoms with Crippen molar-refractivity contribution in [1.82, 2.24) is 10.6 Å². The van der Waals surface area contributed by atoms with Gasteiger partial charge in [-0.15, -0.1) is 0 Å². The Hall–Kier alpha value is -1.98. The average Bonchev–Trinajstić information content (AvgIpc) is 2.58. The number of carbonyl (C=O) groups is 1. The van der Waals surface area contributed by atoms with Crippen LogP contribution in [0, 0.1) is 11.6 Å². The van der Waals surface area contributed by atoms with E-state index in [1.807, 2.05) is 13.8 Å². The van der Waals surface area contributed by atoms with E-state index in [1.54, 1.807) is 6.92 Å². The maximum Gasteiger partial charge on any atom is 0.256 e. The molecule has 6 heteroatoms. The van der Waals surface area contributed by atoms with Crippen molar-refractivity contribution in [3.63, 3.8) is 0 Å². The number of hydrogen-bond donors (Lipinski definition) is 2. The number of guanidine groups is 1. The topological polar surface area (TPSA) is 53.5 Å². The lowest BCUT2D eigenvalue weighted by molar-refractivity contribution is -0.123. The van der Waals surface area contributed by atoms with Gasteiger partial charge in [0.25, 0.3) is 5.91 Å².